The monoisotopic (exact) mass is 348 g/mol. The average molecular weight is 349 g/mol. The van der Waals surface area contributed by atoms with Crippen LogP contribution in [0.25, 0.3) is 0 Å². The molecule has 0 aliphatic heterocycles. The molecule has 6 heteroatoms. The van der Waals surface area contributed by atoms with Crippen molar-refractivity contribution in [2.45, 2.75) is 17.7 Å². The fourth-order valence-electron chi connectivity index (χ4n) is 2.29. The third-order valence-corrected chi connectivity index (χ3v) is 4.33. The van der Waals surface area contributed by atoms with Gasteiger partial charge in [-0.05, 0) is 35.2 Å². The standard InChI is InChI=1S/C17H14Cl2N2O2/c18-16-9-7-15(8-10-16)17(19,12-20)14-5-3-13(4-6-14)2-1-11-21(22)23/h3-10H,1-2,11H2. The number of hydrogen-bond donors (Lipinski definition) is 0. The van der Waals surface area contributed by atoms with Crippen LogP contribution in [0, 0.1) is 21.4 Å². The van der Waals surface area contributed by atoms with Crippen molar-refractivity contribution >= 4 is 23.2 Å². The van der Waals surface area contributed by atoms with Gasteiger partial charge in [0.1, 0.15) is 0 Å². The summed E-state index contributed by atoms with van der Waals surface area (Å²) in [7, 11) is 0. The molecule has 0 bridgehead atoms. The van der Waals surface area contributed by atoms with Crippen LogP contribution in [0.5, 0.6) is 0 Å². The number of aryl methyl sites for hydroxylation is 1. The van der Waals surface area contributed by atoms with E-state index in [-0.39, 0.29) is 11.5 Å². The van der Waals surface area contributed by atoms with Gasteiger partial charge in [-0.1, -0.05) is 59.6 Å². The van der Waals surface area contributed by atoms with Crippen LogP contribution in [0.4, 0.5) is 0 Å². The first-order chi connectivity index (χ1) is 11.0. The Bertz CT molecular complexity index is 724. The molecule has 0 aliphatic carbocycles. The molecular weight excluding hydrogens is 335 g/mol. The maximum absolute atomic E-state index is 10.3. The third-order valence-electron chi connectivity index (χ3n) is 3.55. The van der Waals surface area contributed by atoms with Gasteiger partial charge in [0.25, 0.3) is 0 Å². The molecule has 0 N–H and O–H groups in total. The van der Waals surface area contributed by atoms with Gasteiger partial charge >= 0.3 is 0 Å². The average Bonchev–Trinajstić information content (AvgIpc) is 2.55. The Balaban J connectivity index is 2.20. The van der Waals surface area contributed by atoms with Crippen LogP contribution in [0.15, 0.2) is 48.5 Å². The molecule has 0 fully saturated rings. The largest absolute Gasteiger partial charge is 0.265 e. The maximum Gasteiger partial charge on any atom is 0.204 e. The molecule has 1 unspecified atom stereocenters. The molecule has 0 aromatic heterocycles. The lowest BCUT2D eigenvalue weighted by Gasteiger charge is -2.20. The molecule has 2 rings (SSSR count). The van der Waals surface area contributed by atoms with Crippen LogP contribution in [0.1, 0.15) is 23.1 Å². The van der Waals surface area contributed by atoms with Gasteiger partial charge < -0.3 is 0 Å². The Morgan fingerprint density at radius 1 is 1.09 bits per heavy atom. The number of rotatable bonds is 6. The Morgan fingerprint density at radius 3 is 2.09 bits per heavy atom. The number of hydrogen-bond acceptors (Lipinski definition) is 3. The summed E-state index contributed by atoms with van der Waals surface area (Å²) >= 11 is 12.4. The summed E-state index contributed by atoms with van der Waals surface area (Å²) in [5.74, 6) is 0. The van der Waals surface area contributed by atoms with Gasteiger partial charge in [0, 0.05) is 16.4 Å². The van der Waals surface area contributed by atoms with Crippen molar-refractivity contribution in [3.8, 4) is 6.07 Å². The highest BCUT2D eigenvalue weighted by molar-refractivity contribution is 6.31. The van der Waals surface area contributed by atoms with Gasteiger partial charge in [-0.3, -0.25) is 10.1 Å². The molecule has 23 heavy (non-hydrogen) atoms. The fraction of sp³-hybridized carbons (Fsp3) is 0.235. The van der Waals surface area contributed by atoms with Gasteiger partial charge in [-0.15, -0.1) is 0 Å². The molecule has 0 amide bonds. The van der Waals surface area contributed by atoms with E-state index in [9.17, 15) is 15.4 Å². The van der Waals surface area contributed by atoms with E-state index >= 15 is 0 Å². The van der Waals surface area contributed by atoms with Crippen molar-refractivity contribution in [2.24, 2.45) is 0 Å². The molecule has 2 aromatic rings. The number of halogens is 2. The predicted octanol–water partition coefficient (Wildman–Crippen LogP) is 4.56. The lowest BCUT2D eigenvalue weighted by Crippen LogP contribution is -2.18. The smallest absolute Gasteiger partial charge is 0.204 e. The van der Waals surface area contributed by atoms with Gasteiger partial charge in [0.2, 0.25) is 6.54 Å². The Hall–Kier alpha value is -2.09. The number of alkyl halides is 1. The summed E-state index contributed by atoms with van der Waals surface area (Å²) < 4.78 is 0. The zero-order valence-electron chi connectivity index (χ0n) is 12.2. The van der Waals surface area contributed by atoms with E-state index < -0.39 is 4.87 Å². The Morgan fingerprint density at radius 2 is 1.61 bits per heavy atom. The summed E-state index contributed by atoms with van der Waals surface area (Å²) in [6.45, 7) is -0.0514. The van der Waals surface area contributed by atoms with Crippen LogP contribution in [0.2, 0.25) is 5.02 Å². The lowest BCUT2D eigenvalue weighted by molar-refractivity contribution is -0.480. The van der Waals surface area contributed by atoms with Crippen molar-refractivity contribution < 1.29 is 4.92 Å². The second kappa shape index (κ2) is 7.45. The molecular formula is C17H14Cl2N2O2. The minimum Gasteiger partial charge on any atom is -0.265 e. The molecule has 1 atom stereocenters. The molecule has 0 spiro atoms. The second-order valence-corrected chi connectivity index (χ2v) is 6.14. The summed E-state index contributed by atoms with van der Waals surface area (Å²) in [4.78, 5) is 8.72. The first-order valence-corrected chi connectivity index (χ1v) is 7.79. The molecule has 0 heterocycles. The van der Waals surface area contributed by atoms with E-state index in [1.807, 2.05) is 12.1 Å². The van der Waals surface area contributed by atoms with Crippen LogP contribution >= 0.6 is 23.2 Å². The van der Waals surface area contributed by atoms with Crippen molar-refractivity contribution in [3.63, 3.8) is 0 Å². The van der Waals surface area contributed by atoms with Crippen molar-refractivity contribution in [2.75, 3.05) is 6.54 Å². The molecule has 0 aliphatic rings. The molecule has 2 aromatic carbocycles. The van der Waals surface area contributed by atoms with Crippen molar-refractivity contribution in [3.05, 3.63) is 80.4 Å². The summed E-state index contributed by atoms with van der Waals surface area (Å²) in [6, 6.07) is 16.2. The minimum absolute atomic E-state index is 0.0514. The van der Waals surface area contributed by atoms with Crippen LogP contribution < -0.4 is 0 Å². The summed E-state index contributed by atoms with van der Waals surface area (Å²) in [5.41, 5.74) is 2.28. The quantitative estimate of drug-likeness (QED) is 0.436. The molecule has 118 valence electrons. The first kappa shape index (κ1) is 17.3. The minimum atomic E-state index is -1.29. The zero-order valence-corrected chi connectivity index (χ0v) is 13.7. The van der Waals surface area contributed by atoms with Gasteiger partial charge in [0.15, 0.2) is 4.87 Å². The van der Waals surface area contributed by atoms with Crippen molar-refractivity contribution in [1.29, 1.82) is 5.26 Å². The molecule has 0 saturated carbocycles. The SMILES string of the molecule is N#CC(Cl)(c1ccc(Cl)cc1)c1ccc(CCC[N+](=O)[O-])cc1. The van der Waals surface area contributed by atoms with E-state index in [2.05, 4.69) is 6.07 Å². The zero-order chi connectivity index (χ0) is 16.9. The van der Waals surface area contributed by atoms with Crippen molar-refractivity contribution in [1.82, 2.24) is 0 Å². The lowest BCUT2D eigenvalue weighted by atomic mass is 9.90. The topological polar surface area (TPSA) is 66.9 Å². The summed E-state index contributed by atoms with van der Waals surface area (Å²) in [5, 5.41) is 20.5. The number of nitrogens with zero attached hydrogens (tertiary/aromatic N) is 2. The third kappa shape index (κ3) is 4.22. The highest BCUT2D eigenvalue weighted by Gasteiger charge is 2.31. The predicted molar refractivity (Wildman–Crippen MR) is 90.3 cm³/mol. The van der Waals surface area contributed by atoms with E-state index in [1.54, 1.807) is 36.4 Å². The van der Waals surface area contributed by atoms with E-state index in [1.165, 1.54) is 0 Å². The number of benzene rings is 2. The maximum atomic E-state index is 10.3. The van der Waals surface area contributed by atoms with E-state index in [0.29, 0.717) is 29.0 Å². The molecule has 0 radical (unpaired) electrons. The normalized spacial score (nSPS) is 13.1. The van der Waals surface area contributed by atoms with Crippen LogP contribution in [0.3, 0.4) is 0 Å². The second-order valence-electron chi connectivity index (χ2n) is 5.13. The molecule has 4 nitrogen and oxygen atoms in total. The number of nitriles is 1. The number of nitro groups is 1. The Labute approximate surface area is 144 Å². The fourth-order valence-corrected chi connectivity index (χ4v) is 2.67. The van der Waals surface area contributed by atoms with Crippen LogP contribution in [-0.2, 0) is 11.3 Å². The Kier molecular flexibility index (Phi) is 5.59. The van der Waals surface area contributed by atoms with Gasteiger partial charge in [-0.2, -0.15) is 5.26 Å². The first-order valence-electron chi connectivity index (χ1n) is 7.03. The summed E-state index contributed by atoms with van der Waals surface area (Å²) in [6.07, 6.45) is 1.10. The molecule has 0 saturated heterocycles. The highest BCUT2D eigenvalue weighted by Crippen LogP contribution is 2.36. The van der Waals surface area contributed by atoms with Crippen LogP contribution in [-0.4, -0.2) is 11.5 Å². The van der Waals surface area contributed by atoms with Gasteiger partial charge in [0.05, 0.1) is 6.07 Å². The van der Waals surface area contributed by atoms with Gasteiger partial charge in [-0.25, -0.2) is 0 Å². The highest BCUT2D eigenvalue weighted by atomic mass is 35.5. The van der Waals surface area contributed by atoms with E-state index in [4.69, 9.17) is 23.2 Å². The van der Waals surface area contributed by atoms with E-state index in [0.717, 1.165) is 5.56 Å².